The van der Waals surface area contributed by atoms with Gasteiger partial charge in [0.1, 0.15) is 0 Å². The van der Waals surface area contributed by atoms with Crippen LogP contribution in [0.1, 0.15) is 28.9 Å². The lowest BCUT2D eigenvalue weighted by atomic mass is 10.1. The highest BCUT2D eigenvalue weighted by molar-refractivity contribution is 6.32. The van der Waals surface area contributed by atoms with E-state index in [0.717, 1.165) is 0 Å². The van der Waals surface area contributed by atoms with Gasteiger partial charge >= 0.3 is 0 Å². The lowest BCUT2D eigenvalue weighted by Crippen LogP contribution is -2.09. The van der Waals surface area contributed by atoms with E-state index in [1.54, 1.807) is 25.1 Å². The predicted octanol–water partition coefficient (Wildman–Crippen LogP) is 1.68. The number of carbonyl (C=O) groups is 1. The van der Waals surface area contributed by atoms with Gasteiger partial charge < -0.3 is 10.8 Å². The number of aliphatic hydroxyl groups is 1. The maximum Gasteiger partial charge on any atom is 0.251 e. The Hall–Kier alpha value is -1.85. The van der Waals surface area contributed by atoms with Gasteiger partial charge in [0.05, 0.1) is 28.6 Å². The summed E-state index contributed by atoms with van der Waals surface area (Å²) in [5, 5.41) is 13.9. The van der Waals surface area contributed by atoms with Gasteiger partial charge in [-0.2, -0.15) is 5.10 Å². The molecule has 6 heteroatoms. The molecule has 0 fully saturated rings. The van der Waals surface area contributed by atoms with E-state index in [1.807, 2.05) is 0 Å². The molecule has 0 aliphatic rings. The van der Waals surface area contributed by atoms with Crippen LogP contribution in [-0.4, -0.2) is 20.8 Å². The van der Waals surface area contributed by atoms with E-state index in [1.165, 1.54) is 17.1 Å². The first-order valence-corrected chi connectivity index (χ1v) is 5.69. The Morgan fingerprint density at radius 1 is 1.56 bits per heavy atom. The van der Waals surface area contributed by atoms with Crippen molar-refractivity contribution < 1.29 is 9.90 Å². The van der Waals surface area contributed by atoms with Crippen LogP contribution in [0.2, 0.25) is 5.02 Å². The van der Waals surface area contributed by atoms with E-state index >= 15 is 0 Å². The zero-order chi connectivity index (χ0) is 13.3. The molecule has 0 radical (unpaired) electrons. The van der Waals surface area contributed by atoms with Gasteiger partial charge in [0.15, 0.2) is 0 Å². The first-order chi connectivity index (χ1) is 8.49. The zero-order valence-corrected chi connectivity index (χ0v) is 10.4. The SMILES string of the molecule is C[C@@H](O)c1ccc(-n2cc(C(N)=O)cn2)c(Cl)c1. The standard InChI is InChI=1S/C12H12ClN3O2/c1-7(17)8-2-3-11(10(13)4-8)16-6-9(5-15-16)12(14)18/h2-7,17H,1H3,(H2,14,18)/t7-/m1/s1. The number of halogens is 1. The molecule has 1 atom stereocenters. The fraction of sp³-hybridized carbons (Fsp3) is 0.167. The lowest BCUT2D eigenvalue weighted by molar-refractivity contribution is 0.100. The van der Waals surface area contributed by atoms with Crippen LogP contribution < -0.4 is 5.73 Å². The number of aliphatic hydroxyl groups excluding tert-OH is 1. The maximum atomic E-state index is 11.0. The van der Waals surface area contributed by atoms with Crippen molar-refractivity contribution in [1.29, 1.82) is 0 Å². The number of carbonyl (C=O) groups excluding carboxylic acids is 1. The molecule has 1 amide bonds. The van der Waals surface area contributed by atoms with Crippen LogP contribution in [-0.2, 0) is 0 Å². The second-order valence-corrected chi connectivity index (χ2v) is 4.33. The predicted molar refractivity (Wildman–Crippen MR) is 67.7 cm³/mol. The molecule has 0 spiro atoms. The summed E-state index contributed by atoms with van der Waals surface area (Å²) in [5.41, 5.74) is 6.79. The molecule has 0 unspecified atom stereocenters. The van der Waals surface area contributed by atoms with Crippen molar-refractivity contribution in [3.05, 3.63) is 46.7 Å². The third-order valence-electron chi connectivity index (χ3n) is 2.57. The topological polar surface area (TPSA) is 81.1 Å². The molecule has 0 aliphatic heterocycles. The minimum Gasteiger partial charge on any atom is -0.389 e. The van der Waals surface area contributed by atoms with Crippen LogP contribution in [0.15, 0.2) is 30.6 Å². The van der Waals surface area contributed by atoms with Gasteiger partial charge in [0.25, 0.3) is 5.91 Å². The smallest absolute Gasteiger partial charge is 0.251 e. The van der Waals surface area contributed by atoms with Gasteiger partial charge in [-0.3, -0.25) is 4.79 Å². The Labute approximate surface area is 109 Å². The summed E-state index contributed by atoms with van der Waals surface area (Å²) in [6, 6.07) is 5.13. The molecule has 94 valence electrons. The molecule has 0 bridgehead atoms. The fourth-order valence-corrected chi connectivity index (χ4v) is 1.83. The summed E-state index contributed by atoms with van der Waals surface area (Å²) >= 11 is 6.11. The molecular weight excluding hydrogens is 254 g/mol. The highest BCUT2D eigenvalue weighted by Crippen LogP contribution is 2.24. The summed E-state index contributed by atoms with van der Waals surface area (Å²) < 4.78 is 1.47. The van der Waals surface area contributed by atoms with E-state index < -0.39 is 12.0 Å². The monoisotopic (exact) mass is 265 g/mol. The van der Waals surface area contributed by atoms with E-state index in [0.29, 0.717) is 21.8 Å². The Kier molecular flexibility index (Phi) is 3.36. The minimum atomic E-state index is -0.588. The molecule has 18 heavy (non-hydrogen) atoms. The van der Waals surface area contributed by atoms with Crippen LogP contribution in [0.5, 0.6) is 0 Å². The number of hydrogen-bond donors (Lipinski definition) is 2. The van der Waals surface area contributed by atoms with Crippen molar-refractivity contribution in [2.75, 3.05) is 0 Å². The zero-order valence-electron chi connectivity index (χ0n) is 9.67. The van der Waals surface area contributed by atoms with Gasteiger partial charge in [-0.05, 0) is 24.6 Å². The van der Waals surface area contributed by atoms with E-state index in [-0.39, 0.29) is 0 Å². The van der Waals surface area contributed by atoms with Crippen molar-refractivity contribution >= 4 is 17.5 Å². The molecule has 1 heterocycles. The van der Waals surface area contributed by atoms with Crippen molar-refractivity contribution in [3.8, 4) is 5.69 Å². The molecule has 5 nitrogen and oxygen atoms in total. The van der Waals surface area contributed by atoms with E-state index in [9.17, 15) is 9.90 Å². The Balaban J connectivity index is 2.41. The molecular formula is C12H12ClN3O2. The van der Waals surface area contributed by atoms with Gasteiger partial charge in [-0.25, -0.2) is 4.68 Å². The molecule has 1 aromatic heterocycles. The third-order valence-corrected chi connectivity index (χ3v) is 2.87. The van der Waals surface area contributed by atoms with E-state index in [2.05, 4.69) is 5.10 Å². The summed E-state index contributed by atoms with van der Waals surface area (Å²) in [6.07, 6.45) is 2.29. The molecule has 2 rings (SSSR count). The number of hydrogen-bond acceptors (Lipinski definition) is 3. The average Bonchev–Trinajstić information content (AvgIpc) is 2.78. The Morgan fingerprint density at radius 3 is 2.78 bits per heavy atom. The van der Waals surface area contributed by atoms with Gasteiger partial charge in [0.2, 0.25) is 0 Å². The number of amides is 1. The lowest BCUT2D eigenvalue weighted by Gasteiger charge is -2.08. The van der Waals surface area contributed by atoms with Gasteiger partial charge in [-0.15, -0.1) is 0 Å². The Morgan fingerprint density at radius 2 is 2.28 bits per heavy atom. The molecule has 0 saturated carbocycles. The fourth-order valence-electron chi connectivity index (χ4n) is 1.55. The van der Waals surface area contributed by atoms with Crippen molar-refractivity contribution in [1.82, 2.24) is 9.78 Å². The van der Waals surface area contributed by atoms with Crippen LogP contribution in [0.4, 0.5) is 0 Å². The first-order valence-electron chi connectivity index (χ1n) is 5.31. The van der Waals surface area contributed by atoms with Crippen molar-refractivity contribution in [2.24, 2.45) is 5.73 Å². The Bertz CT molecular complexity index is 593. The van der Waals surface area contributed by atoms with Crippen LogP contribution in [0.25, 0.3) is 5.69 Å². The molecule has 1 aromatic carbocycles. The van der Waals surface area contributed by atoms with Crippen molar-refractivity contribution in [2.45, 2.75) is 13.0 Å². The van der Waals surface area contributed by atoms with Crippen LogP contribution in [0, 0.1) is 0 Å². The molecule has 2 aromatic rings. The molecule has 0 saturated heterocycles. The highest BCUT2D eigenvalue weighted by Gasteiger charge is 2.10. The normalized spacial score (nSPS) is 12.4. The number of primary amides is 1. The van der Waals surface area contributed by atoms with E-state index in [4.69, 9.17) is 17.3 Å². The first kappa shape index (κ1) is 12.6. The van der Waals surface area contributed by atoms with Gasteiger partial charge in [0, 0.05) is 6.20 Å². The maximum absolute atomic E-state index is 11.0. The number of aromatic nitrogens is 2. The van der Waals surface area contributed by atoms with Gasteiger partial charge in [-0.1, -0.05) is 17.7 Å². The van der Waals surface area contributed by atoms with Crippen LogP contribution in [0.3, 0.4) is 0 Å². The number of benzene rings is 1. The quantitative estimate of drug-likeness (QED) is 0.886. The summed E-state index contributed by atoms with van der Waals surface area (Å²) in [6.45, 7) is 1.66. The molecule has 0 aliphatic carbocycles. The van der Waals surface area contributed by atoms with Crippen LogP contribution >= 0.6 is 11.6 Å². The second-order valence-electron chi connectivity index (χ2n) is 3.92. The number of rotatable bonds is 3. The summed E-state index contributed by atoms with van der Waals surface area (Å²) in [5.74, 6) is -0.544. The summed E-state index contributed by atoms with van der Waals surface area (Å²) in [4.78, 5) is 11.0. The number of nitrogens with zero attached hydrogens (tertiary/aromatic N) is 2. The third kappa shape index (κ3) is 2.37. The minimum absolute atomic E-state index is 0.311. The number of nitrogens with two attached hydrogens (primary N) is 1. The average molecular weight is 266 g/mol. The second kappa shape index (κ2) is 4.80. The molecule has 3 N–H and O–H groups in total. The van der Waals surface area contributed by atoms with Crippen molar-refractivity contribution in [3.63, 3.8) is 0 Å². The largest absolute Gasteiger partial charge is 0.389 e. The summed E-state index contributed by atoms with van der Waals surface area (Å²) in [7, 11) is 0. The highest BCUT2D eigenvalue weighted by atomic mass is 35.5.